The average Bonchev–Trinajstić information content (AvgIpc) is 3.00. The molecule has 2 aromatic rings. The number of hydrogen-bond donors (Lipinski definition) is 1. The third-order valence-corrected chi connectivity index (χ3v) is 3.60. The van der Waals surface area contributed by atoms with Crippen molar-refractivity contribution in [2.24, 2.45) is 5.92 Å². The normalized spacial score (nSPS) is 19.6. The lowest BCUT2D eigenvalue weighted by Gasteiger charge is -2.31. The second-order valence-corrected chi connectivity index (χ2v) is 4.90. The molecule has 0 amide bonds. The predicted molar refractivity (Wildman–Crippen MR) is 77.3 cm³/mol. The molecule has 23 heavy (non-hydrogen) atoms. The van der Waals surface area contributed by atoms with Gasteiger partial charge in [-0.25, -0.2) is 4.68 Å². The number of carbonyl (C=O) groups excluding carboxylic acids is 1. The van der Waals surface area contributed by atoms with Crippen molar-refractivity contribution in [3.05, 3.63) is 52.2 Å². The molecule has 0 aliphatic carbocycles. The molecule has 2 unspecified atom stereocenters. The molecule has 0 saturated carbocycles. The van der Waals surface area contributed by atoms with Gasteiger partial charge in [0, 0.05) is 17.8 Å². The van der Waals surface area contributed by atoms with Crippen LogP contribution in [0.15, 0.2) is 36.5 Å². The topological polar surface area (TPSA) is 125 Å². The Morgan fingerprint density at radius 2 is 2.30 bits per heavy atom. The molecule has 3 rings (SSSR count). The summed E-state index contributed by atoms with van der Waals surface area (Å²) in [6, 6.07) is 5.26. The number of nitro benzene ring substituents is 1. The predicted octanol–water partition coefficient (Wildman–Crippen LogP) is 0.899. The van der Waals surface area contributed by atoms with Crippen LogP contribution >= 0.6 is 0 Å². The number of esters is 1. The van der Waals surface area contributed by atoms with Crippen LogP contribution < -0.4 is 5.32 Å². The Bertz CT molecular complexity index is 801. The van der Waals surface area contributed by atoms with Crippen molar-refractivity contribution in [3.8, 4) is 0 Å². The zero-order valence-electron chi connectivity index (χ0n) is 12.0. The summed E-state index contributed by atoms with van der Waals surface area (Å²) >= 11 is 0. The highest BCUT2D eigenvalue weighted by molar-refractivity contribution is 5.78. The second-order valence-electron chi connectivity index (χ2n) is 4.90. The number of non-ortho nitro benzene ring substituents is 1. The van der Waals surface area contributed by atoms with Gasteiger partial charge in [-0.3, -0.25) is 14.9 Å². The van der Waals surface area contributed by atoms with Gasteiger partial charge < -0.3 is 10.1 Å². The summed E-state index contributed by atoms with van der Waals surface area (Å²) in [5, 5.41) is 25.1. The van der Waals surface area contributed by atoms with Crippen LogP contribution in [0.5, 0.6) is 0 Å². The van der Waals surface area contributed by atoms with Crippen LogP contribution in [0.4, 0.5) is 11.6 Å². The van der Waals surface area contributed by atoms with Crippen LogP contribution in [0.25, 0.3) is 0 Å². The second kappa shape index (κ2) is 5.48. The quantitative estimate of drug-likeness (QED) is 0.503. The highest BCUT2D eigenvalue weighted by Crippen LogP contribution is 2.38. The summed E-state index contributed by atoms with van der Waals surface area (Å²) in [5.41, 5.74) is 0.770. The van der Waals surface area contributed by atoms with Gasteiger partial charge in [-0.05, 0) is 16.0 Å². The van der Waals surface area contributed by atoms with Crippen LogP contribution in [-0.4, -0.2) is 38.2 Å². The molecule has 0 fully saturated rings. The van der Waals surface area contributed by atoms with Gasteiger partial charge in [0.15, 0.2) is 0 Å². The zero-order chi connectivity index (χ0) is 16.6. The van der Waals surface area contributed by atoms with E-state index in [2.05, 4.69) is 27.4 Å². The van der Waals surface area contributed by atoms with Gasteiger partial charge in [-0.1, -0.05) is 23.8 Å². The van der Waals surface area contributed by atoms with Gasteiger partial charge in [0.25, 0.3) is 5.69 Å². The number of anilines is 1. The first-order chi connectivity index (χ1) is 11.0. The van der Waals surface area contributed by atoms with Crippen molar-refractivity contribution in [2.45, 2.75) is 6.04 Å². The van der Waals surface area contributed by atoms with E-state index in [9.17, 15) is 14.9 Å². The first kappa shape index (κ1) is 14.6. The minimum atomic E-state index is -0.821. The summed E-state index contributed by atoms with van der Waals surface area (Å²) in [6.45, 7) is 3.82. The van der Waals surface area contributed by atoms with Gasteiger partial charge in [0.05, 0.1) is 12.0 Å². The van der Waals surface area contributed by atoms with Gasteiger partial charge in [0.1, 0.15) is 12.0 Å². The van der Waals surface area contributed by atoms with Crippen molar-refractivity contribution >= 4 is 17.6 Å². The molecule has 0 bridgehead atoms. The molecule has 10 heteroatoms. The van der Waals surface area contributed by atoms with E-state index in [1.54, 1.807) is 6.07 Å². The Labute approximate surface area is 129 Å². The monoisotopic (exact) mass is 316 g/mol. The molecule has 0 spiro atoms. The number of carbonyl (C=O) groups is 1. The molecule has 0 saturated heterocycles. The first-order valence-corrected chi connectivity index (χ1v) is 6.58. The third-order valence-electron chi connectivity index (χ3n) is 3.60. The van der Waals surface area contributed by atoms with Gasteiger partial charge in [-0.15, -0.1) is 0 Å². The molecule has 0 radical (unpaired) electrons. The Morgan fingerprint density at radius 3 is 3.00 bits per heavy atom. The van der Waals surface area contributed by atoms with Crippen molar-refractivity contribution in [3.63, 3.8) is 0 Å². The van der Waals surface area contributed by atoms with E-state index < -0.39 is 22.9 Å². The Balaban J connectivity index is 2.16. The summed E-state index contributed by atoms with van der Waals surface area (Å²) in [6.07, 6.45) is 0. The maximum Gasteiger partial charge on any atom is 0.317 e. The van der Waals surface area contributed by atoms with Gasteiger partial charge in [0.2, 0.25) is 5.95 Å². The van der Waals surface area contributed by atoms with E-state index in [1.165, 1.54) is 30.0 Å². The molecule has 2 heterocycles. The minimum absolute atomic E-state index is 0.0927. The standard InChI is InChI=1S/C13H12N6O4/c1-7-10(12(20)23-2)11(18-13(14-7)15-16-17-18)8-4-3-5-9(6-8)19(21)22/h3-6,10-11H,1H2,2H3,(H,14,15,17). The molecule has 1 aromatic carbocycles. The molecule has 118 valence electrons. The van der Waals surface area contributed by atoms with Crippen molar-refractivity contribution in [1.82, 2.24) is 20.2 Å². The van der Waals surface area contributed by atoms with Gasteiger partial charge >= 0.3 is 5.97 Å². The number of hydrogen-bond acceptors (Lipinski definition) is 8. The van der Waals surface area contributed by atoms with E-state index in [-0.39, 0.29) is 5.69 Å². The summed E-state index contributed by atoms with van der Waals surface area (Å²) in [4.78, 5) is 22.7. The largest absolute Gasteiger partial charge is 0.468 e. The van der Waals surface area contributed by atoms with E-state index >= 15 is 0 Å². The lowest BCUT2D eigenvalue weighted by atomic mass is 9.89. The highest BCUT2D eigenvalue weighted by atomic mass is 16.6. The van der Waals surface area contributed by atoms with E-state index in [0.717, 1.165) is 0 Å². The van der Waals surface area contributed by atoms with Gasteiger partial charge in [-0.2, -0.15) is 0 Å². The summed E-state index contributed by atoms with van der Waals surface area (Å²) in [7, 11) is 1.26. The SMILES string of the molecule is C=C1Nc2nnnn2C(c2cccc([N+](=O)[O-])c2)C1C(=O)OC. The van der Waals surface area contributed by atoms with Crippen LogP contribution in [0.1, 0.15) is 11.6 Å². The van der Waals surface area contributed by atoms with E-state index in [4.69, 9.17) is 4.74 Å². The summed E-state index contributed by atoms with van der Waals surface area (Å²) < 4.78 is 6.21. The Hall–Kier alpha value is -3.30. The van der Waals surface area contributed by atoms with E-state index in [0.29, 0.717) is 17.2 Å². The molecule has 1 N–H and O–H groups in total. The maximum absolute atomic E-state index is 12.2. The molecule has 10 nitrogen and oxygen atoms in total. The smallest absolute Gasteiger partial charge is 0.317 e. The van der Waals surface area contributed by atoms with E-state index in [1.807, 2.05) is 0 Å². The fraction of sp³-hybridized carbons (Fsp3) is 0.231. The van der Waals surface area contributed by atoms with Crippen LogP contribution in [0, 0.1) is 16.0 Å². The zero-order valence-corrected chi connectivity index (χ0v) is 12.0. The number of methoxy groups -OCH3 is 1. The number of aromatic nitrogens is 4. The van der Waals surface area contributed by atoms with Crippen molar-refractivity contribution in [1.29, 1.82) is 0 Å². The third kappa shape index (κ3) is 2.39. The number of benzene rings is 1. The molecular formula is C13H12N6O4. The summed E-state index contributed by atoms with van der Waals surface area (Å²) in [5.74, 6) is -1.06. The number of rotatable bonds is 3. The molecule has 1 aromatic heterocycles. The number of fused-ring (bicyclic) bond motifs is 1. The van der Waals surface area contributed by atoms with Crippen molar-refractivity contribution < 1.29 is 14.5 Å². The first-order valence-electron chi connectivity index (χ1n) is 6.58. The van der Waals surface area contributed by atoms with Crippen LogP contribution in [0.2, 0.25) is 0 Å². The maximum atomic E-state index is 12.2. The number of tetrazole rings is 1. The number of nitrogens with one attached hydrogen (secondary N) is 1. The fourth-order valence-electron chi connectivity index (χ4n) is 2.57. The number of nitro groups is 1. The molecule has 1 aliphatic heterocycles. The molecule has 1 aliphatic rings. The fourth-order valence-corrected chi connectivity index (χ4v) is 2.57. The lowest BCUT2D eigenvalue weighted by molar-refractivity contribution is -0.384. The number of ether oxygens (including phenoxy) is 1. The molecular weight excluding hydrogens is 304 g/mol. The van der Waals surface area contributed by atoms with Crippen molar-refractivity contribution in [2.75, 3.05) is 12.4 Å². The lowest BCUT2D eigenvalue weighted by Crippen LogP contribution is -2.37. The number of nitrogens with zero attached hydrogens (tertiary/aromatic N) is 5. The Morgan fingerprint density at radius 1 is 1.52 bits per heavy atom. The van der Waals surface area contributed by atoms with Crippen LogP contribution in [-0.2, 0) is 9.53 Å². The average molecular weight is 316 g/mol. The molecule has 2 atom stereocenters. The minimum Gasteiger partial charge on any atom is -0.468 e. The Kier molecular flexibility index (Phi) is 3.48. The highest BCUT2D eigenvalue weighted by Gasteiger charge is 2.41. The van der Waals surface area contributed by atoms with Crippen LogP contribution in [0.3, 0.4) is 0 Å².